The number of hydrogen-bond acceptors (Lipinski definition) is 8. The van der Waals surface area contributed by atoms with Gasteiger partial charge in [-0.25, -0.2) is 27.5 Å². The number of aliphatic hydroxyl groups is 2. The SMILES string of the molecule is C=C(F)C(=O)N1CCN(c2nc(=O)n(-c3c(C(C)C)ccnc3C(C)C)c3nc(-c4c(F)cccc4C=C(O)O)c(F)cc23)CC1. The molecule has 0 aliphatic carbocycles. The van der Waals surface area contributed by atoms with Crippen LogP contribution in [0.2, 0.25) is 0 Å². The average molecular weight is 635 g/mol. The zero-order chi connectivity index (χ0) is 33.4. The van der Waals surface area contributed by atoms with Gasteiger partial charge in [-0.3, -0.25) is 9.78 Å². The van der Waals surface area contributed by atoms with Crippen LogP contribution in [0.25, 0.3) is 34.1 Å². The van der Waals surface area contributed by atoms with Crippen LogP contribution in [0.15, 0.2) is 59.7 Å². The molecule has 0 atom stereocenters. The molecule has 1 aliphatic rings. The van der Waals surface area contributed by atoms with Crippen LogP contribution in [-0.4, -0.2) is 66.7 Å². The minimum absolute atomic E-state index is 0.0368. The number of pyridine rings is 2. The smallest absolute Gasteiger partial charge is 0.355 e. The second-order valence-electron chi connectivity index (χ2n) is 11.6. The minimum Gasteiger partial charge on any atom is -0.481 e. The van der Waals surface area contributed by atoms with Crippen LogP contribution in [0.1, 0.15) is 56.4 Å². The predicted molar refractivity (Wildman–Crippen MR) is 169 cm³/mol. The van der Waals surface area contributed by atoms with Gasteiger partial charge in [0.25, 0.3) is 11.9 Å². The van der Waals surface area contributed by atoms with Gasteiger partial charge < -0.3 is 20.0 Å². The van der Waals surface area contributed by atoms with Crippen molar-refractivity contribution in [2.75, 3.05) is 31.1 Å². The van der Waals surface area contributed by atoms with Gasteiger partial charge in [0.2, 0.25) is 0 Å². The summed E-state index contributed by atoms with van der Waals surface area (Å²) in [5.41, 5.74) is 0.0743. The molecule has 0 radical (unpaired) electrons. The van der Waals surface area contributed by atoms with Crippen molar-refractivity contribution in [3.05, 3.63) is 93.8 Å². The van der Waals surface area contributed by atoms with Crippen LogP contribution in [-0.2, 0) is 4.79 Å². The second-order valence-corrected chi connectivity index (χ2v) is 11.6. The number of carbonyl (C=O) groups excluding carboxylic acids is 1. The van der Waals surface area contributed by atoms with Gasteiger partial charge in [0, 0.05) is 44.0 Å². The summed E-state index contributed by atoms with van der Waals surface area (Å²) in [6.45, 7) is 11.3. The standard InChI is InChI=1S/C33H33F3N6O4/c1-17(2)21-9-10-37-27(18(3)4)29(21)42-31-22(30(39-33(42)46)40-11-13-41(14-12-40)32(45)19(5)34)16-24(36)28(38-31)26-20(15-25(43)44)7-6-8-23(26)35/h6-10,15-18,43-44H,5,11-14H2,1-4H3. The lowest BCUT2D eigenvalue weighted by Gasteiger charge is -2.35. The predicted octanol–water partition coefficient (Wildman–Crippen LogP) is 5.91. The topological polar surface area (TPSA) is 125 Å². The Morgan fingerprint density at radius 3 is 2.30 bits per heavy atom. The van der Waals surface area contributed by atoms with Crippen LogP contribution in [0.3, 0.4) is 0 Å². The summed E-state index contributed by atoms with van der Waals surface area (Å²) in [4.78, 5) is 42.7. The van der Waals surface area contributed by atoms with E-state index in [9.17, 15) is 24.2 Å². The summed E-state index contributed by atoms with van der Waals surface area (Å²) in [7, 11) is 0. The van der Waals surface area contributed by atoms with Crippen LogP contribution in [0, 0.1) is 11.6 Å². The van der Waals surface area contributed by atoms with Gasteiger partial charge in [0.1, 0.15) is 17.3 Å². The van der Waals surface area contributed by atoms with Gasteiger partial charge in [-0.1, -0.05) is 46.4 Å². The zero-order valence-electron chi connectivity index (χ0n) is 25.8. The quantitative estimate of drug-likeness (QED) is 0.190. The van der Waals surface area contributed by atoms with Crippen molar-refractivity contribution in [2.45, 2.75) is 39.5 Å². The van der Waals surface area contributed by atoms with E-state index in [1.54, 1.807) is 17.2 Å². The van der Waals surface area contributed by atoms with Gasteiger partial charge in [0.15, 0.2) is 17.3 Å². The number of piperazine rings is 1. The molecule has 2 N–H and O–H groups in total. The summed E-state index contributed by atoms with van der Waals surface area (Å²) < 4.78 is 46.3. The summed E-state index contributed by atoms with van der Waals surface area (Å²) in [6, 6.07) is 6.66. The van der Waals surface area contributed by atoms with Crippen molar-refractivity contribution in [1.82, 2.24) is 24.4 Å². The number of anilines is 1. The third kappa shape index (κ3) is 5.92. The van der Waals surface area contributed by atoms with Gasteiger partial charge >= 0.3 is 5.69 Å². The van der Waals surface area contributed by atoms with Crippen molar-refractivity contribution < 1.29 is 28.2 Å². The fourth-order valence-electron chi connectivity index (χ4n) is 5.68. The molecular formula is C33H33F3N6O4. The summed E-state index contributed by atoms with van der Waals surface area (Å²) in [5, 5.41) is 19.2. The Morgan fingerprint density at radius 2 is 1.70 bits per heavy atom. The largest absolute Gasteiger partial charge is 0.481 e. The first-order valence-electron chi connectivity index (χ1n) is 14.7. The van der Waals surface area contributed by atoms with E-state index in [2.05, 4.69) is 21.5 Å². The maximum atomic E-state index is 16.1. The number of hydrogen-bond donors (Lipinski definition) is 2. The molecule has 0 saturated carbocycles. The molecule has 1 aromatic carbocycles. The van der Waals surface area contributed by atoms with E-state index in [1.807, 2.05) is 27.7 Å². The van der Waals surface area contributed by atoms with Crippen LogP contribution >= 0.6 is 0 Å². The third-order valence-corrected chi connectivity index (χ3v) is 7.84. The van der Waals surface area contributed by atoms with E-state index in [1.165, 1.54) is 21.6 Å². The zero-order valence-corrected chi connectivity index (χ0v) is 25.8. The first kappa shape index (κ1) is 32.2. The van der Waals surface area contributed by atoms with Crippen LogP contribution in [0.5, 0.6) is 0 Å². The van der Waals surface area contributed by atoms with Gasteiger partial charge in [0.05, 0.1) is 16.8 Å². The lowest BCUT2D eigenvalue weighted by Crippen LogP contribution is -2.49. The summed E-state index contributed by atoms with van der Waals surface area (Å²) in [5.74, 6) is -5.04. The Balaban J connectivity index is 1.84. The molecule has 1 saturated heterocycles. The highest BCUT2D eigenvalue weighted by Gasteiger charge is 2.29. The molecule has 13 heteroatoms. The molecule has 10 nitrogen and oxygen atoms in total. The Bertz CT molecular complexity index is 1920. The maximum absolute atomic E-state index is 16.1. The fourth-order valence-corrected chi connectivity index (χ4v) is 5.68. The molecule has 5 rings (SSSR count). The second kappa shape index (κ2) is 12.7. The average Bonchev–Trinajstić information content (AvgIpc) is 3.00. The first-order valence-corrected chi connectivity index (χ1v) is 14.7. The Labute approximate surface area is 262 Å². The highest BCUT2D eigenvalue weighted by Crippen LogP contribution is 2.36. The number of benzene rings is 1. The normalized spacial score (nSPS) is 13.5. The molecule has 240 valence electrons. The molecule has 4 heterocycles. The molecule has 0 bridgehead atoms. The van der Waals surface area contributed by atoms with E-state index in [-0.39, 0.29) is 66.0 Å². The van der Waals surface area contributed by atoms with Gasteiger partial charge in [-0.15, -0.1) is 0 Å². The number of amides is 1. The molecular weight excluding hydrogens is 601 g/mol. The molecule has 0 unspecified atom stereocenters. The monoisotopic (exact) mass is 634 g/mol. The fraction of sp³-hybridized carbons (Fsp3) is 0.303. The Hall–Kier alpha value is -5.20. The number of rotatable bonds is 7. The van der Waals surface area contributed by atoms with E-state index in [0.29, 0.717) is 11.4 Å². The molecule has 0 spiro atoms. The number of fused-ring (bicyclic) bond motifs is 1. The highest BCUT2D eigenvalue weighted by atomic mass is 19.1. The number of nitrogens with zero attached hydrogens (tertiary/aromatic N) is 6. The van der Waals surface area contributed by atoms with Crippen molar-refractivity contribution in [1.29, 1.82) is 0 Å². The van der Waals surface area contributed by atoms with E-state index in [4.69, 9.17) is 0 Å². The Kier molecular flexibility index (Phi) is 8.86. The Morgan fingerprint density at radius 1 is 1.00 bits per heavy atom. The maximum Gasteiger partial charge on any atom is 0.355 e. The minimum atomic E-state index is -1.12. The third-order valence-electron chi connectivity index (χ3n) is 7.84. The lowest BCUT2D eigenvalue weighted by atomic mass is 9.97. The van der Waals surface area contributed by atoms with Gasteiger partial charge in [-0.05, 0) is 41.2 Å². The molecule has 46 heavy (non-hydrogen) atoms. The van der Waals surface area contributed by atoms with E-state index >= 15 is 8.78 Å². The van der Waals surface area contributed by atoms with E-state index < -0.39 is 40.7 Å². The number of aliphatic hydroxyl groups excluding tert-OH is 1. The number of aromatic nitrogens is 4. The highest BCUT2D eigenvalue weighted by molar-refractivity contribution is 5.92. The van der Waals surface area contributed by atoms with Crippen molar-refractivity contribution in [3.63, 3.8) is 0 Å². The van der Waals surface area contributed by atoms with Crippen LogP contribution in [0.4, 0.5) is 19.0 Å². The van der Waals surface area contributed by atoms with Crippen molar-refractivity contribution in [3.8, 4) is 16.9 Å². The van der Waals surface area contributed by atoms with Crippen molar-refractivity contribution in [2.24, 2.45) is 0 Å². The first-order chi connectivity index (χ1) is 21.8. The van der Waals surface area contributed by atoms with Gasteiger partial charge in [-0.2, -0.15) is 4.98 Å². The molecule has 1 aliphatic heterocycles. The molecule has 1 amide bonds. The lowest BCUT2D eigenvalue weighted by molar-refractivity contribution is -0.128. The number of carbonyl (C=O) groups is 1. The molecule has 4 aromatic rings. The molecule has 1 fully saturated rings. The molecule has 3 aromatic heterocycles. The van der Waals surface area contributed by atoms with Crippen LogP contribution < -0.4 is 10.6 Å². The summed E-state index contributed by atoms with van der Waals surface area (Å²) >= 11 is 0. The van der Waals surface area contributed by atoms with E-state index in [0.717, 1.165) is 23.8 Å². The number of halogens is 3. The summed E-state index contributed by atoms with van der Waals surface area (Å²) in [6.07, 6.45) is 2.50. The van der Waals surface area contributed by atoms with Crippen molar-refractivity contribution >= 4 is 28.8 Å².